The van der Waals surface area contributed by atoms with Gasteiger partial charge in [0.2, 0.25) is 0 Å². The molecule has 0 radical (unpaired) electrons. The highest BCUT2D eigenvalue weighted by Gasteiger charge is 2.46. The van der Waals surface area contributed by atoms with Crippen LogP contribution in [0, 0.1) is 0 Å². The van der Waals surface area contributed by atoms with Gasteiger partial charge in [-0.15, -0.1) is 22.7 Å². The topological polar surface area (TPSA) is 44.7 Å². The Morgan fingerprint density at radius 3 is 1.91 bits per heavy atom. The van der Waals surface area contributed by atoms with Crippen molar-refractivity contribution in [1.29, 1.82) is 0 Å². The fourth-order valence-electron chi connectivity index (χ4n) is 9.29. The maximum absolute atomic E-state index is 8.83. The van der Waals surface area contributed by atoms with Crippen LogP contribution in [0.1, 0.15) is 6.85 Å². The van der Waals surface area contributed by atoms with E-state index >= 15 is 0 Å². The molecule has 4 nitrogen and oxygen atoms in total. The number of ether oxygens (including phenoxy) is 2. The minimum absolute atomic E-state index is 0.142. The van der Waals surface area contributed by atoms with Crippen molar-refractivity contribution >= 4 is 130 Å². The Kier molecular flexibility index (Phi) is 4.56. The molecule has 8 aromatic carbocycles. The average Bonchev–Trinajstić information content (AvgIpc) is 4.05. The third-order valence-corrected chi connectivity index (χ3v) is 13.8. The Morgan fingerprint density at radius 1 is 0.473 bits per heavy atom. The zero-order valence-corrected chi connectivity index (χ0v) is 30.1. The smallest absolute Gasteiger partial charge is 0.267 e. The van der Waals surface area contributed by atoms with Crippen LogP contribution in [0.2, 0.25) is 0 Å². The summed E-state index contributed by atoms with van der Waals surface area (Å²) in [6, 6.07) is 34.9. The molecule has 0 aliphatic carbocycles. The largest absolute Gasteiger partial charge is 0.457 e. The SMILES string of the molecule is [2H]c1c([2H])c([2H])c(-c2ccc3oc4c5c(c6sc7ccccc7c6c4c3c2)Oc2cccc3c2B5c2c(c4oc5ccccc5c4c4c2sc2ccccc24)O3)c([2H])c1[2H]. The first-order valence-corrected chi connectivity index (χ1v) is 19.7. The summed E-state index contributed by atoms with van der Waals surface area (Å²) in [5, 5.41) is 8.01. The molecule has 254 valence electrons. The van der Waals surface area contributed by atoms with E-state index in [4.69, 9.17) is 25.2 Å². The maximum Gasteiger partial charge on any atom is 0.267 e. The third kappa shape index (κ3) is 3.58. The second-order valence-electron chi connectivity index (χ2n) is 14.2. The Balaban J connectivity index is 1.18. The van der Waals surface area contributed by atoms with Crippen molar-refractivity contribution in [3.63, 3.8) is 0 Å². The molecule has 0 bridgehead atoms. The normalized spacial score (nSPS) is 14.6. The molecule has 0 N–H and O–H groups in total. The molecule has 0 unspecified atom stereocenters. The predicted molar refractivity (Wildman–Crippen MR) is 230 cm³/mol. The van der Waals surface area contributed by atoms with E-state index in [1.807, 2.05) is 60.7 Å². The monoisotopic (exact) mass is 743 g/mol. The minimum Gasteiger partial charge on any atom is -0.457 e. The average molecular weight is 744 g/mol. The lowest BCUT2D eigenvalue weighted by atomic mass is 9.34. The van der Waals surface area contributed by atoms with Gasteiger partial charge in [-0.2, -0.15) is 0 Å². The van der Waals surface area contributed by atoms with Crippen molar-refractivity contribution in [3.05, 3.63) is 139 Å². The van der Waals surface area contributed by atoms with Crippen LogP contribution in [0.3, 0.4) is 0 Å². The van der Waals surface area contributed by atoms with Gasteiger partial charge in [0.25, 0.3) is 6.71 Å². The Bertz CT molecular complexity index is 3950. The molecule has 55 heavy (non-hydrogen) atoms. The highest BCUT2D eigenvalue weighted by molar-refractivity contribution is 7.28. The fourth-order valence-corrected chi connectivity index (χ4v) is 11.8. The number of benzene rings is 8. The first-order valence-electron chi connectivity index (χ1n) is 20.5. The first kappa shape index (κ1) is 24.7. The molecular formula is C48H23BO4S2. The molecule has 12 aromatic rings. The van der Waals surface area contributed by atoms with Crippen molar-refractivity contribution in [1.82, 2.24) is 0 Å². The van der Waals surface area contributed by atoms with Crippen molar-refractivity contribution in [2.75, 3.05) is 0 Å². The zero-order valence-electron chi connectivity index (χ0n) is 33.4. The van der Waals surface area contributed by atoms with Crippen LogP contribution in [-0.4, -0.2) is 6.71 Å². The summed E-state index contributed by atoms with van der Waals surface area (Å²) in [6.45, 7) is -0.393. The van der Waals surface area contributed by atoms with Crippen LogP contribution in [0.25, 0.3) is 95.3 Å². The maximum atomic E-state index is 8.83. The van der Waals surface area contributed by atoms with E-state index in [0.29, 0.717) is 39.6 Å². The molecule has 0 saturated carbocycles. The molecule has 4 aromatic heterocycles. The third-order valence-electron chi connectivity index (χ3n) is 11.5. The van der Waals surface area contributed by atoms with Gasteiger partial charge in [0.05, 0.1) is 11.6 Å². The molecule has 0 fully saturated rings. The van der Waals surface area contributed by atoms with Crippen LogP contribution < -0.4 is 25.9 Å². The van der Waals surface area contributed by atoms with Gasteiger partial charge in [0.15, 0.2) is 11.3 Å². The lowest BCUT2D eigenvalue weighted by molar-refractivity contribution is 0.464. The van der Waals surface area contributed by atoms with Crippen LogP contribution in [0.15, 0.2) is 148 Å². The predicted octanol–water partition coefficient (Wildman–Crippen LogP) is 12.6. The molecule has 0 spiro atoms. The van der Waals surface area contributed by atoms with Crippen molar-refractivity contribution < 1.29 is 25.2 Å². The molecule has 14 rings (SSSR count). The van der Waals surface area contributed by atoms with E-state index in [1.54, 1.807) is 28.7 Å². The Hall–Kier alpha value is -6.54. The minimum atomic E-state index is -0.425. The van der Waals surface area contributed by atoms with Gasteiger partial charge in [-0.25, -0.2) is 0 Å². The summed E-state index contributed by atoms with van der Waals surface area (Å²) < 4.78 is 75.1. The molecule has 2 aliphatic rings. The molecule has 7 heteroatoms. The van der Waals surface area contributed by atoms with E-state index in [9.17, 15) is 0 Å². The summed E-state index contributed by atoms with van der Waals surface area (Å²) in [4.78, 5) is 0. The fraction of sp³-hybridized carbons (Fsp3) is 0. The standard InChI is InChI=1S/C48H23BO4S2/c1-2-11-24(12-3-1)25-21-22-31-29(23-25)37-39-28-15-6-9-20-35(28)55-48(39)46-41(43(37)50-31)49-40-32(17-10-18-33(40)53-46)52-45-42(49)47-38(27-14-5-8-19-34(27)54-47)36-26-13-4-7-16-30(26)51-44(36)45/h1-23H/i1D,2D,3D,11D,12D. The number of para-hydroxylation sites is 1. The van der Waals surface area contributed by atoms with E-state index in [0.717, 1.165) is 89.6 Å². The number of hydrogen-bond acceptors (Lipinski definition) is 6. The molecule has 0 saturated heterocycles. The van der Waals surface area contributed by atoms with E-state index in [-0.39, 0.29) is 29.7 Å². The highest BCUT2D eigenvalue weighted by Crippen LogP contribution is 2.52. The number of furan rings is 2. The van der Waals surface area contributed by atoms with Gasteiger partial charge >= 0.3 is 0 Å². The van der Waals surface area contributed by atoms with Gasteiger partial charge in [-0.05, 0) is 59.1 Å². The summed E-state index contributed by atoms with van der Waals surface area (Å²) in [7, 11) is 0. The molecule has 6 heterocycles. The molecule has 2 aliphatic heterocycles. The lowest BCUT2D eigenvalue weighted by Gasteiger charge is -2.33. The summed E-state index contributed by atoms with van der Waals surface area (Å²) in [6.07, 6.45) is 0. The lowest BCUT2D eigenvalue weighted by Crippen LogP contribution is -2.57. The second-order valence-corrected chi connectivity index (χ2v) is 16.3. The quantitative estimate of drug-likeness (QED) is 0.157. The van der Waals surface area contributed by atoms with Gasteiger partial charge in [0.1, 0.15) is 34.0 Å². The number of fused-ring (bicyclic) bond motifs is 22. The van der Waals surface area contributed by atoms with Gasteiger partial charge in [-0.3, -0.25) is 0 Å². The Morgan fingerprint density at radius 2 is 1.11 bits per heavy atom. The number of rotatable bonds is 1. The van der Waals surface area contributed by atoms with Crippen molar-refractivity contribution in [2.45, 2.75) is 0 Å². The summed E-state index contributed by atoms with van der Waals surface area (Å²) in [5.41, 5.74) is 6.18. The number of thiophene rings is 2. The van der Waals surface area contributed by atoms with Crippen molar-refractivity contribution in [2.24, 2.45) is 0 Å². The van der Waals surface area contributed by atoms with Crippen molar-refractivity contribution in [3.8, 4) is 34.1 Å². The zero-order chi connectivity index (χ0) is 39.9. The molecule has 0 atom stereocenters. The second kappa shape index (κ2) is 10.2. The molecular weight excluding hydrogens is 715 g/mol. The highest BCUT2D eigenvalue weighted by atomic mass is 32.1. The van der Waals surface area contributed by atoms with Gasteiger partial charge in [-0.1, -0.05) is 96.9 Å². The van der Waals surface area contributed by atoms with E-state index in [1.165, 1.54) is 0 Å². The van der Waals surface area contributed by atoms with Gasteiger partial charge < -0.3 is 18.3 Å². The molecule has 0 amide bonds. The van der Waals surface area contributed by atoms with E-state index < -0.39 is 12.8 Å². The summed E-state index contributed by atoms with van der Waals surface area (Å²) >= 11 is 3.43. The summed E-state index contributed by atoms with van der Waals surface area (Å²) in [5.74, 6) is 2.80. The van der Waals surface area contributed by atoms with E-state index in [2.05, 4.69) is 42.5 Å². The first-order chi connectivity index (χ1) is 29.4. The Labute approximate surface area is 327 Å². The van der Waals surface area contributed by atoms with Gasteiger partial charge in [0, 0.05) is 68.1 Å². The van der Waals surface area contributed by atoms with Crippen LogP contribution in [0.4, 0.5) is 0 Å². The van der Waals surface area contributed by atoms with Crippen LogP contribution in [-0.2, 0) is 0 Å². The van der Waals surface area contributed by atoms with Crippen LogP contribution >= 0.6 is 22.7 Å². The number of hydrogen-bond donors (Lipinski definition) is 0. The van der Waals surface area contributed by atoms with Crippen LogP contribution in [0.5, 0.6) is 23.0 Å².